The smallest absolute Gasteiger partial charge is 0.247 e. The van der Waals surface area contributed by atoms with Crippen LogP contribution in [0, 0.1) is 11.3 Å². The van der Waals surface area contributed by atoms with Gasteiger partial charge in [0.2, 0.25) is 5.91 Å². The van der Waals surface area contributed by atoms with Gasteiger partial charge in [-0.1, -0.05) is 49.4 Å². The fourth-order valence-corrected chi connectivity index (χ4v) is 3.71. The van der Waals surface area contributed by atoms with Crippen molar-refractivity contribution < 1.29 is 4.79 Å². The first kappa shape index (κ1) is 22.9. The quantitative estimate of drug-likeness (QED) is 0.414. The normalized spacial score (nSPS) is 12.5. The number of carbonyl (C=O) groups excluding carboxylic acids is 1. The van der Waals surface area contributed by atoms with Gasteiger partial charge < -0.3 is 10.6 Å². The summed E-state index contributed by atoms with van der Waals surface area (Å²) in [6.45, 7) is 2.68. The molecule has 2 unspecified atom stereocenters. The van der Waals surface area contributed by atoms with E-state index in [2.05, 4.69) is 33.7 Å². The van der Waals surface area contributed by atoms with E-state index in [0.717, 1.165) is 22.3 Å². The van der Waals surface area contributed by atoms with Gasteiger partial charge in [-0.15, -0.1) is 0 Å². The van der Waals surface area contributed by atoms with Gasteiger partial charge in [0.15, 0.2) is 0 Å². The number of nitrogens with one attached hydrogen (secondary N) is 2. The van der Waals surface area contributed by atoms with Crippen LogP contribution in [-0.4, -0.2) is 27.2 Å². The second kappa shape index (κ2) is 10.6. The highest BCUT2D eigenvalue weighted by Crippen LogP contribution is 2.21. The van der Waals surface area contributed by atoms with Gasteiger partial charge in [-0.3, -0.25) is 9.48 Å². The van der Waals surface area contributed by atoms with Crippen molar-refractivity contribution in [2.24, 2.45) is 7.05 Å². The summed E-state index contributed by atoms with van der Waals surface area (Å²) in [5.74, 6) is 0.462. The third kappa shape index (κ3) is 5.55. The summed E-state index contributed by atoms with van der Waals surface area (Å²) in [4.78, 5) is 17.7. The van der Waals surface area contributed by atoms with Crippen LogP contribution in [0.1, 0.15) is 35.6 Å². The zero-order chi connectivity index (χ0) is 23.9. The monoisotopic (exact) mass is 450 g/mol. The summed E-state index contributed by atoms with van der Waals surface area (Å²) in [6, 6.07) is 22.5. The van der Waals surface area contributed by atoms with E-state index in [1.54, 1.807) is 23.1 Å². The molecule has 2 aromatic carbocycles. The van der Waals surface area contributed by atoms with Crippen molar-refractivity contribution in [2.75, 3.05) is 11.9 Å². The summed E-state index contributed by atoms with van der Waals surface area (Å²) in [7, 11) is 1.87. The molecule has 7 nitrogen and oxygen atoms in total. The summed E-state index contributed by atoms with van der Waals surface area (Å²) in [5, 5.41) is 19.5. The minimum atomic E-state index is -0.540. The average Bonchev–Trinajstić information content (AvgIpc) is 3.31. The molecule has 0 aliphatic heterocycles. The molecule has 2 N–H and O–H groups in total. The van der Waals surface area contributed by atoms with Crippen LogP contribution in [-0.2, 0) is 11.8 Å². The van der Waals surface area contributed by atoms with Gasteiger partial charge in [-0.25, -0.2) is 4.98 Å². The van der Waals surface area contributed by atoms with Gasteiger partial charge >= 0.3 is 0 Å². The second-order valence-electron chi connectivity index (χ2n) is 8.21. The Bertz CT molecular complexity index is 1270. The van der Waals surface area contributed by atoms with Crippen LogP contribution in [0.3, 0.4) is 0 Å². The lowest BCUT2D eigenvalue weighted by atomic mass is 9.98. The zero-order valence-corrected chi connectivity index (χ0v) is 19.1. The van der Waals surface area contributed by atoms with E-state index in [4.69, 9.17) is 5.26 Å². The number of hydrogen-bond acceptors (Lipinski definition) is 5. The third-order valence-electron chi connectivity index (χ3n) is 5.69. The number of amides is 1. The van der Waals surface area contributed by atoms with Crippen molar-refractivity contribution in [3.8, 4) is 17.2 Å². The molecule has 7 heteroatoms. The molecule has 2 heterocycles. The Labute approximate surface area is 199 Å². The average molecular weight is 451 g/mol. The summed E-state index contributed by atoms with van der Waals surface area (Å²) < 4.78 is 1.74. The van der Waals surface area contributed by atoms with Crippen LogP contribution in [0.5, 0.6) is 0 Å². The Morgan fingerprint density at radius 1 is 1.00 bits per heavy atom. The van der Waals surface area contributed by atoms with Gasteiger partial charge in [0, 0.05) is 37.1 Å². The first-order valence-electron chi connectivity index (χ1n) is 11.1. The highest BCUT2D eigenvalue weighted by atomic mass is 16.2. The molecule has 0 saturated heterocycles. The highest BCUT2D eigenvalue weighted by Gasteiger charge is 2.21. The summed E-state index contributed by atoms with van der Waals surface area (Å²) in [5.41, 5.74) is 4.51. The predicted molar refractivity (Wildman–Crippen MR) is 132 cm³/mol. The molecule has 2 aromatic heterocycles. The van der Waals surface area contributed by atoms with Crippen molar-refractivity contribution in [1.82, 2.24) is 20.1 Å². The van der Waals surface area contributed by atoms with Crippen molar-refractivity contribution in [3.05, 3.63) is 102 Å². The Morgan fingerprint density at radius 3 is 2.38 bits per heavy atom. The van der Waals surface area contributed by atoms with Gasteiger partial charge in [0.05, 0.1) is 17.8 Å². The van der Waals surface area contributed by atoms with Gasteiger partial charge in [0.1, 0.15) is 11.9 Å². The van der Waals surface area contributed by atoms with Crippen molar-refractivity contribution in [2.45, 2.75) is 18.9 Å². The molecule has 1 amide bonds. The molecule has 4 rings (SSSR count). The lowest BCUT2D eigenvalue weighted by molar-refractivity contribution is -0.118. The molecular formula is C27H26N6O. The Morgan fingerprint density at radius 2 is 1.76 bits per heavy atom. The zero-order valence-electron chi connectivity index (χ0n) is 19.1. The van der Waals surface area contributed by atoms with Crippen LogP contribution >= 0.6 is 0 Å². The maximum absolute atomic E-state index is 13.2. The van der Waals surface area contributed by atoms with Crippen LogP contribution in [0.25, 0.3) is 11.1 Å². The van der Waals surface area contributed by atoms with E-state index in [1.807, 2.05) is 73.9 Å². The van der Waals surface area contributed by atoms with Gasteiger partial charge in [-0.2, -0.15) is 10.4 Å². The van der Waals surface area contributed by atoms with Crippen molar-refractivity contribution in [1.29, 1.82) is 5.26 Å². The molecule has 0 radical (unpaired) electrons. The maximum atomic E-state index is 13.2. The second-order valence-corrected chi connectivity index (χ2v) is 8.21. The number of benzene rings is 2. The van der Waals surface area contributed by atoms with Gasteiger partial charge in [0.25, 0.3) is 0 Å². The summed E-state index contributed by atoms with van der Waals surface area (Å²) >= 11 is 0. The Kier molecular flexibility index (Phi) is 7.11. The first-order valence-corrected chi connectivity index (χ1v) is 11.1. The molecule has 0 bridgehead atoms. The number of pyridine rings is 1. The largest absolute Gasteiger partial charge is 0.309 e. The van der Waals surface area contributed by atoms with E-state index >= 15 is 0 Å². The number of aryl methyl sites for hydroxylation is 1. The Balaban J connectivity index is 1.46. The molecule has 34 heavy (non-hydrogen) atoms. The third-order valence-corrected chi connectivity index (χ3v) is 5.69. The standard InChI is InChI=1S/C27H26N6O/c1-19(21-10-8-20(14-28)9-11-21)15-30-26(22-6-4-3-5-7-22)27(34)32-25-13-12-23(16-29-25)24-17-31-33(2)18-24/h3-13,16-19,26,30H,15H2,1-2H3,(H,29,32,34). The van der Waals surface area contributed by atoms with Gasteiger partial charge in [-0.05, 0) is 41.3 Å². The molecule has 0 spiro atoms. The number of carbonyl (C=O) groups is 1. The van der Waals surface area contributed by atoms with E-state index in [9.17, 15) is 4.79 Å². The van der Waals surface area contributed by atoms with Crippen molar-refractivity contribution >= 4 is 11.7 Å². The van der Waals surface area contributed by atoms with Crippen LogP contribution in [0.4, 0.5) is 5.82 Å². The Hall–Kier alpha value is -4.28. The molecule has 0 fully saturated rings. The number of aromatic nitrogens is 3. The SMILES string of the molecule is CC(CNC(C(=O)Nc1ccc(-c2cnn(C)c2)cn1)c1ccccc1)c1ccc(C#N)cc1. The van der Waals surface area contributed by atoms with E-state index < -0.39 is 6.04 Å². The lowest BCUT2D eigenvalue weighted by Crippen LogP contribution is -2.35. The van der Waals surface area contributed by atoms with E-state index in [-0.39, 0.29) is 11.8 Å². The lowest BCUT2D eigenvalue weighted by Gasteiger charge is -2.21. The van der Waals surface area contributed by atoms with E-state index in [0.29, 0.717) is 17.9 Å². The van der Waals surface area contributed by atoms with Crippen LogP contribution in [0.2, 0.25) is 0 Å². The maximum Gasteiger partial charge on any atom is 0.247 e. The topological polar surface area (TPSA) is 95.6 Å². The first-order chi connectivity index (χ1) is 16.5. The number of nitriles is 1. The van der Waals surface area contributed by atoms with Crippen LogP contribution < -0.4 is 10.6 Å². The molecule has 0 aliphatic carbocycles. The predicted octanol–water partition coefficient (Wildman–Crippen LogP) is 4.43. The molecule has 0 saturated carbocycles. The minimum Gasteiger partial charge on any atom is -0.309 e. The fraction of sp³-hybridized carbons (Fsp3) is 0.185. The van der Waals surface area contributed by atoms with E-state index in [1.165, 1.54) is 0 Å². The van der Waals surface area contributed by atoms with Crippen LogP contribution in [0.15, 0.2) is 85.3 Å². The number of anilines is 1. The molecule has 0 aliphatic rings. The number of hydrogen-bond donors (Lipinski definition) is 2. The highest BCUT2D eigenvalue weighted by molar-refractivity contribution is 5.95. The fourth-order valence-electron chi connectivity index (χ4n) is 3.71. The summed E-state index contributed by atoms with van der Waals surface area (Å²) in [6.07, 6.45) is 5.42. The number of nitrogens with zero attached hydrogens (tertiary/aromatic N) is 4. The van der Waals surface area contributed by atoms with Crippen molar-refractivity contribution in [3.63, 3.8) is 0 Å². The molecule has 2 atom stereocenters. The number of rotatable bonds is 8. The minimum absolute atomic E-state index is 0.156. The molecule has 170 valence electrons. The molecular weight excluding hydrogens is 424 g/mol. The molecule has 4 aromatic rings.